The van der Waals surface area contributed by atoms with Crippen molar-refractivity contribution < 1.29 is 9.53 Å². The summed E-state index contributed by atoms with van der Waals surface area (Å²) in [5.74, 6) is -0.243. The molecule has 7 heteroatoms. The fourth-order valence-electron chi connectivity index (χ4n) is 1.56. The summed E-state index contributed by atoms with van der Waals surface area (Å²) in [6, 6.07) is 6.42. The Balaban J connectivity index is 2.40. The van der Waals surface area contributed by atoms with Crippen LogP contribution < -0.4 is 11.1 Å². The lowest BCUT2D eigenvalue weighted by Gasteiger charge is -2.11. The van der Waals surface area contributed by atoms with E-state index in [2.05, 4.69) is 10.3 Å². The van der Waals surface area contributed by atoms with E-state index in [9.17, 15) is 4.79 Å². The summed E-state index contributed by atoms with van der Waals surface area (Å²) in [4.78, 5) is 15.8. The first kappa shape index (κ1) is 14.4. The van der Waals surface area contributed by atoms with Crippen LogP contribution >= 0.6 is 23.2 Å². The van der Waals surface area contributed by atoms with Crippen molar-refractivity contribution in [3.63, 3.8) is 0 Å². The Bertz CT molecular complexity index is 662. The van der Waals surface area contributed by atoms with Gasteiger partial charge in [-0.15, -0.1) is 0 Å². The van der Waals surface area contributed by atoms with Crippen molar-refractivity contribution in [2.75, 3.05) is 18.2 Å². The Morgan fingerprint density at radius 2 is 2.10 bits per heavy atom. The van der Waals surface area contributed by atoms with Crippen molar-refractivity contribution >= 4 is 46.4 Å². The molecule has 1 aromatic heterocycles. The fraction of sp³-hybridized carbons (Fsp3) is 0.0769. The molecule has 3 N–H and O–H groups in total. The van der Waals surface area contributed by atoms with Gasteiger partial charge >= 0.3 is 5.97 Å². The summed E-state index contributed by atoms with van der Waals surface area (Å²) < 4.78 is 4.69. The first-order chi connectivity index (χ1) is 9.51. The maximum absolute atomic E-state index is 11.7. The third-order valence-corrected chi connectivity index (χ3v) is 3.05. The zero-order valence-corrected chi connectivity index (χ0v) is 12.0. The van der Waals surface area contributed by atoms with Gasteiger partial charge in [0.25, 0.3) is 0 Å². The Kier molecular flexibility index (Phi) is 4.32. The van der Waals surface area contributed by atoms with Crippen LogP contribution in [0, 0.1) is 0 Å². The zero-order chi connectivity index (χ0) is 14.7. The van der Waals surface area contributed by atoms with Crippen LogP contribution in [0.15, 0.2) is 30.5 Å². The number of anilines is 3. The number of pyridine rings is 1. The van der Waals surface area contributed by atoms with Gasteiger partial charge in [-0.25, -0.2) is 9.78 Å². The van der Waals surface area contributed by atoms with Gasteiger partial charge < -0.3 is 15.8 Å². The molecule has 104 valence electrons. The molecular weight excluding hydrogens is 301 g/mol. The molecule has 0 fully saturated rings. The van der Waals surface area contributed by atoms with Gasteiger partial charge in [0, 0.05) is 5.02 Å². The van der Waals surface area contributed by atoms with E-state index >= 15 is 0 Å². The number of nitrogen functional groups attached to an aromatic ring is 1. The molecule has 0 amide bonds. The van der Waals surface area contributed by atoms with Gasteiger partial charge in [-0.2, -0.15) is 0 Å². The van der Waals surface area contributed by atoms with E-state index in [-0.39, 0.29) is 5.56 Å². The van der Waals surface area contributed by atoms with E-state index in [0.29, 0.717) is 27.2 Å². The summed E-state index contributed by atoms with van der Waals surface area (Å²) >= 11 is 11.9. The number of methoxy groups -OCH3 is 1. The Morgan fingerprint density at radius 1 is 1.35 bits per heavy atom. The van der Waals surface area contributed by atoms with Crippen LogP contribution in [0.1, 0.15) is 10.4 Å². The lowest BCUT2D eigenvalue weighted by atomic mass is 10.2. The minimum Gasteiger partial charge on any atom is -0.465 e. The average molecular weight is 312 g/mol. The van der Waals surface area contributed by atoms with Crippen molar-refractivity contribution in [2.24, 2.45) is 0 Å². The van der Waals surface area contributed by atoms with Crippen molar-refractivity contribution in [3.05, 3.63) is 46.1 Å². The van der Waals surface area contributed by atoms with Crippen molar-refractivity contribution in [3.8, 4) is 0 Å². The molecule has 5 nitrogen and oxygen atoms in total. The van der Waals surface area contributed by atoms with Crippen LogP contribution in [0.2, 0.25) is 10.0 Å². The molecule has 0 radical (unpaired) electrons. The second kappa shape index (κ2) is 5.98. The van der Waals surface area contributed by atoms with Crippen molar-refractivity contribution in [1.29, 1.82) is 0 Å². The number of halogens is 2. The van der Waals surface area contributed by atoms with Gasteiger partial charge in [0.2, 0.25) is 0 Å². The number of ether oxygens (including phenoxy) is 1. The van der Waals surface area contributed by atoms with Gasteiger partial charge in [0.1, 0.15) is 11.4 Å². The number of hydrogen-bond donors (Lipinski definition) is 2. The predicted octanol–water partition coefficient (Wildman–Crippen LogP) is 3.50. The molecule has 0 spiro atoms. The molecule has 0 aliphatic carbocycles. The van der Waals surface area contributed by atoms with E-state index < -0.39 is 5.97 Å². The quantitative estimate of drug-likeness (QED) is 0.848. The number of carbonyl (C=O) groups is 1. The van der Waals surface area contributed by atoms with Crippen LogP contribution in [0.5, 0.6) is 0 Å². The first-order valence-electron chi connectivity index (χ1n) is 5.57. The second-order valence-corrected chi connectivity index (χ2v) is 4.75. The fourth-order valence-corrected chi connectivity index (χ4v) is 2.02. The third kappa shape index (κ3) is 3.12. The summed E-state index contributed by atoms with van der Waals surface area (Å²) in [5.41, 5.74) is 6.77. The minimum atomic E-state index is -0.544. The molecule has 1 aromatic carbocycles. The molecule has 2 rings (SSSR count). The Labute approximate surface area is 125 Å². The number of nitrogens with zero attached hydrogens (tertiary/aromatic N) is 1. The largest absolute Gasteiger partial charge is 0.465 e. The molecule has 0 unspecified atom stereocenters. The maximum Gasteiger partial charge on any atom is 0.341 e. The predicted molar refractivity (Wildman–Crippen MR) is 79.7 cm³/mol. The van der Waals surface area contributed by atoms with Crippen molar-refractivity contribution in [1.82, 2.24) is 4.98 Å². The molecule has 0 bridgehead atoms. The number of nitrogens with one attached hydrogen (secondary N) is 1. The topological polar surface area (TPSA) is 77.2 Å². The summed E-state index contributed by atoms with van der Waals surface area (Å²) in [7, 11) is 1.28. The number of esters is 1. The Morgan fingerprint density at radius 3 is 2.75 bits per heavy atom. The van der Waals surface area contributed by atoms with Gasteiger partial charge in [-0.1, -0.05) is 23.2 Å². The van der Waals surface area contributed by atoms with E-state index in [1.807, 2.05) is 0 Å². The van der Waals surface area contributed by atoms with Gasteiger partial charge in [0.15, 0.2) is 0 Å². The van der Waals surface area contributed by atoms with Gasteiger partial charge in [-0.05, 0) is 24.3 Å². The number of nitrogens with two attached hydrogens (primary N) is 1. The molecule has 20 heavy (non-hydrogen) atoms. The smallest absolute Gasteiger partial charge is 0.341 e. The van der Waals surface area contributed by atoms with Crippen LogP contribution in [0.3, 0.4) is 0 Å². The zero-order valence-electron chi connectivity index (χ0n) is 10.5. The maximum atomic E-state index is 11.7. The average Bonchev–Trinajstić information content (AvgIpc) is 2.42. The highest BCUT2D eigenvalue weighted by Crippen LogP contribution is 2.29. The normalized spacial score (nSPS) is 10.2. The van der Waals surface area contributed by atoms with E-state index in [0.717, 1.165) is 0 Å². The number of hydrogen-bond acceptors (Lipinski definition) is 5. The van der Waals surface area contributed by atoms with Crippen LogP contribution in [-0.2, 0) is 4.74 Å². The third-order valence-electron chi connectivity index (χ3n) is 2.50. The molecular formula is C13H11Cl2N3O2. The van der Waals surface area contributed by atoms with E-state index in [4.69, 9.17) is 33.7 Å². The molecule has 0 saturated carbocycles. The van der Waals surface area contributed by atoms with Crippen LogP contribution in [0.4, 0.5) is 17.2 Å². The molecule has 0 saturated heterocycles. The standard InChI is InChI=1S/C13H11Cl2N3O2/c1-20-13(19)9-5-8(16)6-17-12(9)18-11-3-2-7(14)4-10(11)15/h2-6H,16H2,1H3,(H,17,18). The lowest BCUT2D eigenvalue weighted by molar-refractivity contribution is 0.0601. The number of rotatable bonds is 3. The monoisotopic (exact) mass is 311 g/mol. The molecule has 0 aliphatic rings. The lowest BCUT2D eigenvalue weighted by Crippen LogP contribution is -2.08. The second-order valence-electron chi connectivity index (χ2n) is 3.91. The highest BCUT2D eigenvalue weighted by molar-refractivity contribution is 6.36. The number of aromatic nitrogens is 1. The van der Waals surface area contributed by atoms with Crippen LogP contribution in [-0.4, -0.2) is 18.1 Å². The number of carbonyl (C=O) groups excluding carboxylic acids is 1. The number of benzene rings is 1. The van der Waals surface area contributed by atoms with Crippen molar-refractivity contribution in [2.45, 2.75) is 0 Å². The highest BCUT2D eigenvalue weighted by Gasteiger charge is 2.15. The molecule has 0 atom stereocenters. The summed E-state index contributed by atoms with van der Waals surface area (Å²) in [5, 5.41) is 3.87. The summed E-state index contributed by atoms with van der Waals surface area (Å²) in [6.45, 7) is 0. The van der Waals surface area contributed by atoms with Crippen LogP contribution in [0.25, 0.3) is 0 Å². The molecule has 1 heterocycles. The van der Waals surface area contributed by atoms with Gasteiger partial charge in [-0.3, -0.25) is 0 Å². The minimum absolute atomic E-state index is 0.221. The summed E-state index contributed by atoms with van der Waals surface area (Å²) in [6.07, 6.45) is 1.43. The molecule has 0 aliphatic heterocycles. The molecule has 2 aromatic rings. The highest BCUT2D eigenvalue weighted by atomic mass is 35.5. The first-order valence-corrected chi connectivity index (χ1v) is 6.32. The Hall–Kier alpha value is -1.98. The van der Waals surface area contributed by atoms with E-state index in [1.165, 1.54) is 19.4 Å². The SMILES string of the molecule is COC(=O)c1cc(N)cnc1Nc1ccc(Cl)cc1Cl. The van der Waals surface area contributed by atoms with Gasteiger partial charge in [0.05, 0.1) is 29.7 Å². The van der Waals surface area contributed by atoms with E-state index in [1.54, 1.807) is 18.2 Å².